The molecule has 1 aromatic heterocycles. The lowest BCUT2D eigenvalue weighted by atomic mass is 9.89. The first kappa shape index (κ1) is 23.6. The molecular weight excluding hydrogens is 408 g/mol. The van der Waals surface area contributed by atoms with Crippen molar-refractivity contribution >= 4 is 17.3 Å². The average Bonchev–Trinajstić information content (AvgIpc) is 3.16. The number of anilines is 1. The minimum atomic E-state index is -0.820. The highest BCUT2D eigenvalue weighted by atomic mass is 16.2. The van der Waals surface area contributed by atoms with E-state index in [0.29, 0.717) is 6.54 Å². The van der Waals surface area contributed by atoms with Crippen LogP contribution in [0.3, 0.4) is 0 Å². The fraction of sp³-hybridized carbons (Fsp3) is 0.571. The highest BCUT2D eigenvalue weighted by Crippen LogP contribution is 2.41. The van der Waals surface area contributed by atoms with Gasteiger partial charge in [0.2, 0.25) is 5.91 Å². The van der Waals surface area contributed by atoms with E-state index in [2.05, 4.69) is 62.7 Å². The Bertz CT molecular complexity index is 1020. The Labute approximate surface area is 199 Å². The van der Waals surface area contributed by atoms with E-state index in [4.69, 9.17) is 5.10 Å². The van der Waals surface area contributed by atoms with Gasteiger partial charge >= 0.3 is 0 Å². The summed E-state index contributed by atoms with van der Waals surface area (Å²) in [6.45, 7) is 15.6. The van der Waals surface area contributed by atoms with Gasteiger partial charge in [-0.1, -0.05) is 77.7 Å². The lowest BCUT2D eigenvalue weighted by Crippen LogP contribution is -2.62. The molecule has 2 aromatic rings. The molecule has 0 saturated heterocycles. The summed E-state index contributed by atoms with van der Waals surface area (Å²) in [6, 6.07) is 10.7. The quantitative estimate of drug-likeness (QED) is 0.629. The van der Waals surface area contributed by atoms with Gasteiger partial charge < -0.3 is 10.2 Å². The third-order valence-corrected chi connectivity index (χ3v) is 7.35. The standard InChI is InChI=1S/C28H40N4O/c1-20-14-12-13-17-23(20)32-21(2)24-18-25(27(3,4)5)30-31(24)19-28(32,6)26(33)29-22-15-10-8-7-9-11-16-22/h12-14,17-18,22H,2,7-11,15-16,19H2,1,3-6H3,(H,29,33). The number of rotatable bonds is 3. The summed E-state index contributed by atoms with van der Waals surface area (Å²) in [5, 5.41) is 8.37. The molecule has 1 fully saturated rings. The van der Waals surface area contributed by atoms with Gasteiger partial charge in [-0.3, -0.25) is 9.48 Å². The highest BCUT2D eigenvalue weighted by molar-refractivity contribution is 5.97. The summed E-state index contributed by atoms with van der Waals surface area (Å²) in [5.41, 5.74) is 4.10. The highest BCUT2D eigenvalue weighted by Gasteiger charge is 2.47. The molecular formula is C28H40N4O. The van der Waals surface area contributed by atoms with Crippen LogP contribution in [0.1, 0.15) is 89.6 Å². The minimum Gasteiger partial charge on any atom is -0.351 e. The van der Waals surface area contributed by atoms with Crippen LogP contribution in [0.15, 0.2) is 36.9 Å². The largest absolute Gasteiger partial charge is 0.351 e. The molecule has 33 heavy (non-hydrogen) atoms. The summed E-state index contributed by atoms with van der Waals surface area (Å²) in [4.78, 5) is 16.2. The Kier molecular flexibility index (Phi) is 6.43. The predicted octanol–water partition coefficient (Wildman–Crippen LogP) is 5.97. The van der Waals surface area contributed by atoms with Gasteiger partial charge in [0.25, 0.3) is 0 Å². The summed E-state index contributed by atoms with van der Waals surface area (Å²) < 4.78 is 2.00. The van der Waals surface area contributed by atoms with Gasteiger partial charge in [0.1, 0.15) is 5.54 Å². The van der Waals surface area contributed by atoms with Crippen LogP contribution < -0.4 is 10.2 Å². The summed E-state index contributed by atoms with van der Waals surface area (Å²) in [7, 11) is 0. The second kappa shape index (κ2) is 9.00. The molecule has 178 valence electrons. The fourth-order valence-electron chi connectivity index (χ4n) is 5.25. The van der Waals surface area contributed by atoms with E-state index in [1.807, 2.05) is 23.7 Å². The van der Waals surface area contributed by atoms with Crippen LogP contribution in [0.5, 0.6) is 0 Å². The molecule has 0 spiro atoms. The number of fused-ring (bicyclic) bond motifs is 1. The van der Waals surface area contributed by atoms with E-state index in [9.17, 15) is 4.79 Å². The van der Waals surface area contributed by atoms with Crippen molar-refractivity contribution in [3.63, 3.8) is 0 Å². The second-order valence-electron chi connectivity index (χ2n) is 11.2. The van der Waals surface area contributed by atoms with Crippen LogP contribution in [0.2, 0.25) is 0 Å². The molecule has 1 N–H and O–H groups in total. The van der Waals surface area contributed by atoms with Crippen LogP contribution in [-0.4, -0.2) is 27.3 Å². The number of hydrogen-bond donors (Lipinski definition) is 1. The Balaban J connectivity index is 1.74. The Morgan fingerprint density at radius 2 is 1.76 bits per heavy atom. The number of carbonyl (C=O) groups excluding carboxylic acids is 1. The average molecular weight is 449 g/mol. The van der Waals surface area contributed by atoms with E-state index in [1.54, 1.807) is 0 Å². The predicted molar refractivity (Wildman–Crippen MR) is 136 cm³/mol. The number of nitrogens with one attached hydrogen (secondary N) is 1. The van der Waals surface area contributed by atoms with E-state index in [-0.39, 0.29) is 17.4 Å². The number of hydrogen-bond acceptors (Lipinski definition) is 3. The van der Waals surface area contributed by atoms with Gasteiger partial charge in [0.15, 0.2) is 0 Å². The molecule has 4 rings (SSSR count). The van der Waals surface area contributed by atoms with Crippen LogP contribution in [0, 0.1) is 6.92 Å². The van der Waals surface area contributed by atoms with Gasteiger partial charge in [0.05, 0.1) is 23.6 Å². The Hall–Kier alpha value is -2.56. The zero-order valence-corrected chi connectivity index (χ0v) is 21.1. The number of aryl methyl sites for hydroxylation is 1. The SMILES string of the molecule is C=C1c2cc(C(C)(C)C)nn2CC(C)(C(=O)NC2CCCCCCC2)N1c1ccccc1C. The van der Waals surface area contributed by atoms with Crippen LogP contribution in [-0.2, 0) is 16.8 Å². The lowest BCUT2D eigenvalue weighted by molar-refractivity contribution is -0.127. The normalized spacial score (nSPS) is 22.5. The van der Waals surface area contributed by atoms with Gasteiger partial charge in [-0.25, -0.2) is 0 Å². The lowest BCUT2D eigenvalue weighted by Gasteiger charge is -2.47. The maximum atomic E-state index is 14.0. The van der Waals surface area contributed by atoms with Crippen molar-refractivity contribution in [2.75, 3.05) is 4.90 Å². The summed E-state index contributed by atoms with van der Waals surface area (Å²) in [6.07, 6.45) is 8.35. The molecule has 1 aliphatic carbocycles. The Morgan fingerprint density at radius 1 is 1.12 bits per heavy atom. The number of nitrogens with zero attached hydrogens (tertiary/aromatic N) is 3. The number of amides is 1. The van der Waals surface area contributed by atoms with Gasteiger partial charge in [-0.15, -0.1) is 0 Å². The molecule has 0 bridgehead atoms. The van der Waals surface area contributed by atoms with Crippen molar-refractivity contribution < 1.29 is 4.79 Å². The zero-order chi connectivity index (χ0) is 23.8. The molecule has 1 atom stereocenters. The van der Waals surface area contributed by atoms with Crippen LogP contribution in [0.25, 0.3) is 5.70 Å². The van der Waals surface area contributed by atoms with Crippen LogP contribution in [0.4, 0.5) is 5.69 Å². The topological polar surface area (TPSA) is 50.2 Å². The fourth-order valence-corrected chi connectivity index (χ4v) is 5.25. The first-order valence-corrected chi connectivity index (χ1v) is 12.6. The number of benzene rings is 1. The van der Waals surface area contributed by atoms with E-state index >= 15 is 0 Å². The van der Waals surface area contributed by atoms with Gasteiger partial charge in [-0.05, 0) is 44.4 Å². The molecule has 0 radical (unpaired) electrons. The van der Waals surface area contributed by atoms with Gasteiger partial charge in [0, 0.05) is 17.1 Å². The number of carbonyl (C=O) groups is 1. The zero-order valence-electron chi connectivity index (χ0n) is 21.1. The van der Waals surface area contributed by atoms with Gasteiger partial charge in [-0.2, -0.15) is 5.10 Å². The molecule has 1 saturated carbocycles. The molecule has 2 heterocycles. The monoisotopic (exact) mass is 448 g/mol. The number of para-hydroxylation sites is 1. The van der Waals surface area contributed by atoms with E-state index in [1.165, 1.54) is 32.1 Å². The maximum Gasteiger partial charge on any atom is 0.248 e. The molecule has 2 aliphatic rings. The summed E-state index contributed by atoms with van der Waals surface area (Å²) in [5.74, 6) is 0.0657. The first-order chi connectivity index (χ1) is 15.6. The van der Waals surface area contributed by atoms with Crippen molar-refractivity contribution in [1.82, 2.24) is 15.1 Å². The van der Waals surface area contributed by atoms with Crippen molar-refractivity contribution in [1.29, 1.82) is 0 Å². The minimum absolute atomic E-state index is 0.0657. The van der Waals surface area contributed by atoms with Crippen molar-refractivity contribution in [3.8, 4) is 0 Å². The second-order valence-corrected chi connectivity index (χ2v) is 11.2. The molecule has 5 heteroatoms. The first-order valence-electron chi connectivity index (χ1n) is 12.6. The van der Waals surface area contributed by atoms with E-state index < -0.39 is 5.54 Å². The summed E-state index contributed by atoms with van der Waals surface area (Å²) >= 11 is 0. The molecule has 1 aliphatic heterocycles. The van der Waals surface area contributed by atoms with Crippen molar-refractivity contribution in [2.24, 2.45) is 0 Å². The van der Waals surface area contributed by atoms with Crippen molar-refractivity contribution in [3.05, 3.63) is 53.9 Å². The number of aromatic nitrogens is 2. The third kappa shape index (κ3) is 4.60. The molecule has 5 nitrogen and oxygen atoms in total. The molecule has 1 amide bonds. The molecule has 1 aromatic carbocycles. The maximum absolute atomic E-state index is 14.0. The Morgan fingerprint density at radius 3 is 2.39 bits per heavy atom. The smallest absolute Gasteiger partial charge is 0.248 e. The van der Waals surface area contributed by atoms with Crippen molar-refractivity contribution in [2.45, 2.75) is 103 Å². The molecule has 1 unspecified atom stereocenters. The van der Waals surface area contributed by atoms with E-state index in [0.717, 1.165) is 41.2 Å². The third-order valence-electron chi connectivity index (χ3n) is 7.35. The van der Waals surface area contributed by atoms with Crippen LogP contribution >= 0.6 is 0 Å².